The average molecular weight is 332 g/mol. The second-order valence-electron chi connectivity index (χ2n) is 5.74. The smallest absolute Gasteiger partial charge is 0.335 e. The van der Waals surface area contributed by atoms with E-state index >= 15 is 0 Å². The van der Waals surface area contributed by atoms with Crippen LogP contribution in [0.2, 0.25) is 0 Å². The highest BCUT2D eigenvalue weighted by molar-refractivity contribution is 6.14. The summed E-state index contributed by atoms with van der Waals surface area (Å²) in [6.07, 6.45) is 8.34. The van der Waals surface area contributed by atoms with E-state index in [1.807, 2.05) is 18.2 Å². The van der Waals surface area contributed by atoms with Crippen LogP contribution in [0.5, 0.6) is 5.75 Å². The van der Waals surface area contributed by atoms with Gasteiger partial charge in [0.15, 0.2) is 5.78 Å². The van der Waals surface area contributed by atoms with Gasteiger partial charge in [0, 0.05) is 11.1 Å². The first-order valence-corrected chi connectivity index (χ1v) is 7.86. The number of Topliss-reactive ketones (excluding diaryl/α,β-unsaturated/α-hetero) is 1. The number of carbonyl (C=O) groups excluding carboxylic acids is 1. The number of fused-ring (bicyclic) bond motifs is 1. The third-order valence-corrected chi connectivity index (χ3v) is 4.10. The van der Waals surface area contributed by atoms with Crippen LogP contribution in [-0.2, 0) is 6.42 Å². The van der Waals surface area contributed by atoms with E-state index in [2.05, 4.69) is 5.92 Å². The number of allylic oxidation sites excluding steroid dienone is 1. The summed E-state index contributed by atoms with van der Waals surface area (Å²) in [6.45, 7) is 0.210. The van der Waals surface area contributed by atoms with Crippen molar-refractivity contribution in [2.75, 3.05) is 6.61 Å². The minimum absolute atomic E-state index is 0.114. The Labute approximate surface area is 145 Å². The van der Waals surface area contributed by atoms with Crippen LogP contribution in [0.15, 0.2) is 48.0 Å². The molecule has 0 heterocycles. The molecule has 0 radical (unpaired) electrons. The molecule has 1 aliphatic carbocycles. The molecule has 1 aliphatic rings. The Hall–Kier alpha value is -3.32. The summed E-state index contributed by atoms with van der Waals surface area (Å²) in [6, 6.07) is 12.0. The quantitative estimate of drug-likeness (QED) is 0.686. The lowest BCUT2D eigenvalue weighted by molar-refractivity contribution is 0.0697. The summed E-state index contributed by atoms with van der Waals surface area (Å²) in [5.74, 6) is 1.93. The molecule has 124 valence electrons. The summed E-state index contributed by atoms with van der Waals surface area (Å²) in [7, 11) is 0. The van der Waals surface area contributed by atoms with Crippen molar-refractivity contribution in [1.82, 2.24) is 0 Å². The van der Waals surface area contributed by atoms with Crippen molar-refractivity contribution >= 4 is 17.8 Å². The molecule has 0 bridgehead atoms. The van der Waals surface area contributed by atoms with Gasteiger partial charge in [0.2, 0.25) is 0 Å². The van der Waals surface area contributed by atoms with Crippen LogP contribution in [0.1, 0.15) is 38.3 Å². The van der Waals surface area contributed by atoms with Crippen LogP contribution in [0.25, 0.3) is 6.08 Å². The van der Waals surface area contributed by atoms with E-state index in [1.165, 1.54) is 12.1 Å². The van der Waals surface area contributed by atoms with Crippen LogP contribution in [0.4, 0.5) is 0 Å². The number of carbonyl (C=O) groups is 2. The molecule has 2 aromatic rings. The molecule has 0 spiro atoms. The van der Waals surface area contributed by atoms with Gasteiger partial charge in [-0.2, -0.15) is 0 Å². The first-order valence-electron chi connectivity index (χ1n) is 7.86. The predicted octanol–water partition coefficient (Wildman–Crippen LogP) is 3.61. The molecule has 0 atom stereocenters. The molecule has 4 nitrogen and oxygen atoms in total. The van der Waals surface area contributed by atoms with Gasteiger partial charge in [0.05, 0.1) is 5.56 Å². The van der Waals surface area contributed by atoms with E-state index < -0.39 is 5.97 Å². The zero-order valence-electron chi connectivity index (χ0n) is 13.5. The zero-order chi connectivity index (χ0) is 17.8. The number of hydrogen-bond donors (Lipinski definition) is 1. The predicted molar refractivity (Wildman–Crippen MR) is 94.8 cm³/mol. The van der Waals surface area contributed by atoms with Gasteiger partial charge >= 0.3 is 5.97 Å². The van der Waals surface area contributed by atoms with Crippen LogP contribution in [0, 0.1) is 12.3 Å². The van der Waals surface area contributed by atoms with Gasteiger partial charge < -0.3 is 9.84 Å². The van der Waals surface area contributed by atoms with Gasteiger partial charge in [-0.1, -0.05) is 24.1 Å². The summed E-state index contributed by atoms with van der Waals surface area (Å²) >= 11 is 0. The Balaban J connectivity index is 1.85. The number of aryl methyl sites for hydroxylation is 1. The number of terminal acetylenes is 1. The van der Waals surface area contributed by atoms with Crippen molar-refractivity contribution < 1.29 is 19.4 Å². The maximum atomic E-state index is 12.7. The normalized spacial score (nSPS) is 14.7. The molecule has 3 rings (SSSR count). The molecule has 0 fully saturated rings. The number of ketones is 1. The minimum Gasteiger partial charge on any atom is -0.481 e. The Morgan fingerprint density at radius 1 is 1.20 bits per heavy atom. The molecule has 1 N–H and O–H groups in total. The average Bonchev–Trinajstić information content (AvgIpc) is 2.63. The number of rotatable bonds is 4. The molecule has 0 aliphatic heterocycles. The number of aromatic carboxylic acids is 1. The Bertz CT molecular complexity index is 898. The van der Waals surface area contributed by atoms with E-state index in [-0.39, 0.29) is 18.0 Å². The Morgan fingerprint density at radius 2 is 1.96 bits per heavy atom. The zero-order valence-corrected chi connectivity index (χ0v) is 13.5. The van der Waals surface area contributed by atoms with Gasteiger partial charge in [-0.25, -0.2) is 4.79 Å². The lowest BCUT2D eigenvalue weighted by Crippen LogP contribution is -2.15. The van der Waals surface area contributed by atoms with Crippen LogP contribution in [0.3, 0.4) is 0 Å². The SMILES string of the molecule is C#CCOc1ccc(C=C2CCc3ccc(C(=O)O)cc3C2=O)cc1. The van der Waals surface area contributed by atoms with Gasteiger partial charge in [-0.3, -0.25) is 4.79 Å². The fraction of sp³-hybridized carbons (Fsp3) is 0.143. The fourth-order valence-corrected chi connectivity index (χ4v) is 2.82. The number of hydrogen-bond acceptors (Lipinski definition) is 3. The fourth-order valence-electron chi connectivity index (χ4n) is 2.82. The van der Waals surface area contributed by atoms with E-state index in [9.17, 15) is 9.59 Å². The van der Waals surface area contributed by atoms with E-state index in [4.69, 9.17) is 16.3 Å². The summed E-state index contributed by atoms with van der Waals surface area (Å²) in [4.78, 5) is 23.8. The highest BCUT2D eigenvalue weighted by Crippen LogP contribution is 2.28. The Kier molecular flexibility index (Phi) is 4.67. The van der Waals surface area contributed by atoms with Gasteiger partial charge in [0.1, 0.15) is 12.4 Å². The minimum atomic E-state index is -1.03. The highest BCUT2D eigenvalue weighted by atomic mass is 16.5. The number of benzene rings is 2. The van der Waals surface area contributed by atoms with Crippen molar-refractivity contribution in [3.63, 3.8) is 0 Å². The van der Waals surface area contributed by atoms with Crippen molar-refractivity contribution in [2.24, 2.45) is 0 Å². The topological polar surface area (TPSA) is 63.6 Å². The van der Waals surface area contributed by atoms with Crippen molar-refractivity contribution in [3.05, 3.63) is 70.3 Å². The molecular formula is C21H16O4. The van der Waals surface area contributed by atoms with Crippen LogP contribution < -0.4 is 4.74 Å². The first-order chi connectivity index (χ1) is 12.1. The molecule has 0 amide bonds. The molecule has 2 aromatic carbocycles. The third-order valence-electron chi connectivity index (χ3n) is 4.10. The van der Waals surface area contributed by atoms with E-state index in [0.29, 0.717) is 23.3 Å². The molecular weight excluding hydrogens is 316 g/mol. The largest absolute Gasteiger partial charge is 0.481 e. The summed E-state index contributed by atoms with van der Waals surface area (Å²) in [5, 5.41) is 9.11. The van der Waals surface area contributed by atoms with Gasteiger partial charge in [-0.15, -0.1) is 6.42 Å². The molecule has 0 saturated heterocycles. The summed E-state index contributed by atoms with van der Waals surface area (Å²) < 4.78 is 5.32. The van der Waals surface area contributed by atoms with Crippen molar-refractivity contribution in [2.45, 2.75) is 12.8 Å². The lowest BCUT2D eigenvalue weighted by atomic mass is 9.85. The van der Waals surface area contributed by atoms with Gasteiger partial charge in [-0.05, 0) is 54.3 Å². The standard InChI is InChI=1S/C21H16O4/c1-2-11-25-18-9-3-14(4-10-18)12-16-7-5-15-6-8-17(21(23)24)13-19(15)20(16)22/h1,3-4,6,8-10,12-13H,5,7,11H2,(H,23,24). The summed E-state index contributed by atoms with van der Waals surface area (Å²) in [5.41, 5.74) is 3.06. The van der Waals surface area contributed by atoms with Crippen LogP contribution in [-0.4, -0.2) is 23.5 Å². The number of ether oxygens (including phenoxy) is 1. The molecule has 0 saturated carbocycles. The monoisotopic (exact) mass is 332 g/mol. The lowest BCUT2D eigenvalue weighted by Gasteiger charge is -2.18. The van der Waals surface area contributed by atoms with Crippen molar-refractivity contribution in [1.29, 1.82) is 0 Å². The maximum Gasteiger partial charge on any atom is 0.335 e. The van der Waals surface area contributed by atoms with Gasteiger partial charge in [0.25, 0.3) is 0 Å². The second kappa shape index (κ2) is 7.06. The maximum absolute atomic E-state index is 12.7. The molecule has 0 unspecified atom stereocenters. The van der Waals surface area contributed by atoms with E-state index in [0.717, 1.165) is 17.5 Å². The van der Waals surface area contributed by atoms with Crippen LogP contribution >= 0.6 is 0 Å². The number of carboxylic acids is 1. The van der Waals surface area contributed by atoms with Crippen molar-refractivity contribution in [3.8, 4) is 18.1 Å². The van der Waals surface area contributed by atoms with E-state index in [1.54, 1.807) is 18.2 Å². The molecule has 25 heavy (non-hydrogen) atoms. The Morgan fingerprint density at radius 3 is 2.64 bits per heavy atom. The third kappa shape index (κ3) is 3.61. The first kappa shape index (κ1) is 16.5. The number of carboxylic acid groups (broad SMARTS) is 1. The molecule has 4 heteroatoms. The second-order valence-corrected chi connectivity index (χ2v) is 5.74. The molecule has 0 aromatic heterocycles. The highest BCUT2D eigenvalue weighted by Gasteiger charge is 2.23.